The van der Waals surface area contributed by atoms with E-state index in [0.717, 1.165) is 16.4 Å². The number of aryl methyl sites for hydroxylation is 1. The average Bonchev–Trinajstić information content (AvgIpc) is 2.72. The standard InChI is InChI=1S/C23H23NO2S/c1-18-11-13-20(14-12-18)26-16-15-24-23(25)21-9-5-6-10-22(21)27-17-19-7-3-2-4-8-19/h2-14H,15-17H2,1H3,(H,24,25). The zero-order valence-electron chi connectivity index (χ0n) is 15.4. The number of benzene rings is 3. The van der Waals surface area contributed by atoms with Gasteiger partial charge in [-0.05, 0) is 36.8 Å². The van der Waals surface area contributed by atoms with Crippen LogP contribution in [-0.4, -0.2) is 19.1 Å². The Balaban J connectivity index is 1.51. The SMILES string of the molecule is Cc1ccc(OCCNC(=O)c2ccccc2SCc2ccccc2)cc1. The van der Waals surface area contributed by atoms with Gasteiger partial charge in [0.2, 0.25) is 0 Å². The van der Waals surface area contributed by atoms with E-state index in [1.54, 1.807) is 11.8 Å². The van der Waals surface area contributed by atoms with Crippen molar-refractivity contribution in [3.8, 4) is 5.75 Å². The van der Waals surface area contributed by atoms with Crippen molar-refractivity contribution in [1.82, 2.24) is 5.32 Å². The van der Waals surface area contributed by atoms with Gasteiger partial charge in [-0.25, -0.2) is 0 Å². The molecule has 4 heteroatoms. The van der Waals surface area contributed by atoms with Crippen LogP contribution in [0.5, 0.6) is 5.75 Å². The van der Waals surface area contributed by atoms with Crippen LogP contribution in [0.25, 0.3) is 0 Å². The van der Waals surface area contributed by atoms with E-state index in [1.165, 1.54) is 11.1 Å². The molecule has 0 saturated carbocycles. The fraction of sp³-hybridized carbons (Fsp3) is 0.174. The molecule has 0 heterocycles. The summed E-state index contributed by atoms with van der Waals surface area (Å²) in [5, 5.41) is 2.94. The molecule has 0 spiro atoms. The van der Waals surface area contributed by atoms with E-state index in [4.69, 9.17) is 4.74 Å². The maximum Gasteiger partial charge on any atom is 0.252 e. The van der Waals surface area contributed by atoms with Crippen molar-refractivity contribution in [2.45, 2.75) is 17.6 Å². The first kappa shape index (κ1) is 19.1. The quantitative estimate of drug-likeness (QED) is 0.439. The summed E-state index contributed by atoms with van der Waals surface area (Å²) in [6.45, 7) is 2.94. The Kier molecular flexibility index (Phi) is 6.94. The monoisotopic (exact) mass is 377 g/mol. The summed E-state index contributed by atoms with van der Waals surface area (Å²) in [5.74, 6) is 1.58. The van der Waals surface area contributed by atoms with E-state index in [1.807, 2.05) is 73.7 Å². The lowest BCUT2D eigenvalue weighted by molar-refractivity contribution is 0.0944. The first-order chi connectivity index (χ1) is 13.2. The Morgan fingerprint density at radius 3 is 2.41 bits per heavy atom. The summed E-state index contributed by atoms with van der Waals surface area (Å²) < 4.78 is 5.66. The highest BCUT2D eigenvalue weighted by Gasteiger charge is 2.11. The van der Waals surface area contributed by atoms with Gasteiger partial charge in [-0.15, -0.1) is 11.8 Å². The van der Waals surface area contributed by atoms with Gasteiger partial charge in [0, 0.05) is 10.6 Å². The van der Waals surface area contributed by atoms with E-state index in [9.17, 15) is 4.79 Å². The van der Waals surface area contributed by atoms with Crippen molar-refractivity contribution in [1.29, 1.82) is 0 Å². The molecule has 138 valence electrons. The highest BCUT2D eigenvalue weighted by atomic mass is 32.2. The molecule has 3 aromatic rings. The number of hydrogen-bond acceptors (Lipinski definition) is 3. The van der Waals surface area contributed by atoms with E-state index >= 15 is 0 Å². The first-order valence-electron chi connectivity index (χ1n) is 8.96. The minimum absolute atomic E-state index is 0.0707. The summed E-state index contributed by atoms with van der Waals surface area (Å²) in [4.78, 5) is 13.5. The molecule has 1 amide bonds. The van der Waals surface area contributed by atoms with E-state index in [-0.39, 0.29) is 5.91 Å². The molecule has 0 aliphatic rings. The Hall–Kier alpha value is -2.72. The normalized spacial score (nSPS) is 10.4. The van der Waals surface area contributed by atoms with E-state index in [2.05, 4.69) is 17.4 Å². The van der Waals surface area contributed by atoms with E-state index < -0.39 is 0 Å². The van der Waals surface area contributed by atoms with Gasteiger partial charge in [0.25, 0.3) is 5.91 Å². The molecule has 0 aliphatic carbocycles. The highest BCUT2D eigenvalue weighted by molar-refractivity contribution is 7.98. The van der Waals surface area contributed by atoms with Crippen LogP contribution in [0.4, 0.5) is 0 Å². The van der Waals surface area contributed by atoms with Crippen LogP contribution < -0.4 is 10.1 Å². The molecule has 0 radical (unpaired) electrons. The molecule has 0 saturated heterocycles. The predicted molar refractivity (Wildman–Crippen MR) is 111 cm³/mol. The average molecular weight is 378 g/mol. The van der Waals surface area contributed by atoms with Gasteiger partial charge in [0.05, 0.1) is 12.1 Å². The minimum Gasteiger partial charge on any atom is -0.492 e. The fourth-order valence-electron chi connectivity index (χ4n) is 2.58. The minimum atomic E-state index is -0.0707. The smallest absolute Gasteiger partial charge is 0.252 e. The van der Waals surface area contributed by atoms with Crippen LogP contribution >= 0.6 is 11.8 Å². The molecule has 0 aliphatic heterocycles. The molecule has 3 aromatic carbocycles. The molecule has 3 rings (SSSR count). The summed E-state index contributed by atoms with van der Waals surface area (Å²) >= 11 is 1.67. The largest absolute Gasteiger partial charge is 0.492 e. The summed E-state index contributed by atoms with van der Waals surface area (Å²) in [6.07, 6.45) is 0. The van der Waals surface area contributed by atoms with Crippen LogP contribution in [0.1, 0.15) is 21.5 Å². The number of amides is 1. The van der Waals surface area contributed by atoms with Crippen molar-refractivity contribution in [3.05, 3.63) is 95.6 Å². The second-order valence-corrected chi connectivity index (χ2v) is 7.21. The zero-order valence-corrected chi connectivity index (χ0v) is 16.2. The van der Waals surface area contributed by atoms with Crippen LogP contribution in [0, 0.1) is 6.92 Å². The number of nitrogens with one attached hydrogen (secondary N) is 1. The Morgan fingerprint density at radius 2 is 1.63 bits per heavy atom. The van der Waals surface area contributed by atoms with Crippen molar-refractivity contribution in [3.63, 3.8) is 0 Å². The first-order valence-corrected chi connectivity index (χ1v) is 9.94. The van der Waals surface area contributed by atoms with Crippen molar-refractivity contribution in [2.75, 3.05) is 13.2 Å². The summed E-state index contributed by atoms with van der Waals surface area (Å²) in [6, 6.07) is 25.9. The van der Waals surface area contributed by atoms with Gasteiger partial charge in [-0.2, -0.15) is 0 Å². The molecular weight excluding hydrogens is 354 g/mol. The highest BCUT2D eigenvalue weighted by Crippen LogP contribution is 2.26. The summed E-state index contributed by atoms with van der Waals surface area (Å²) in [5.41, 5.74) is 3.14. The Bertz CT molecular complexity index is 863. The third-order valence-electron chi connectivity index (χ3n) is 4.05. The second-order valence-electron chi connectivity index (χ2n) is 6.19. The van der Waals surface area contributed by atoms with E-state index in [0.29, 0.717) is 18.7 Å². The number of thioether (sulfide) groups is 1. The number of rotatable bonds is 8. The fourth-order valence-corrected chi connectivity index (χ4v) is 3.58. The molecule has 0 unspecified atom stereocenters. The van der Waals surface area contributed by atoms with Gasteiger partial charge in [-0.1, -0.05) is 60.2 Å². The molecule has 3 nitrogen and oxygen atoms in total. The van der Waals surface area contributed by atoms with Crippen LogP contribution in [-0.2, 0) is 5.75 Å². The van der Waals surface area contributed by atoms with Crippen LogP contribution in [0.15, 0.2) is 83.8 Å². The molecule has 0 bridgehead atoms. The van der Waals surface area contributed by atoms with Crippen molar-refractivity contribution < 1.29 is 9.53 Å². The maximum absolute atomic E-state index is 12.6. The lowest BCUT2D eigenvalue weighted by atomic mass is 10.2. The van der Waals surface area contributed by atoms with Gasteiger partial charge in [0.15, 0.2) is 0 Å². The molecule has 0 fully saturated rings. The third kappa shape index (κ3) is 5.90. The van der Waals surface area contributed by atoms with Crippen LogP contribution in [0.2, 0.25) is 0 Å². The lowest BCUT2D eigenvalue weighted by Gasteiger charge is -2.11. The molecule has 1 N–H and O–H groups in total. The summed E-state index contributed by atoms with van der Waals surface area (Å²) in [7, 11) is 0. The van der Waals surface area contributed by atoms with Crippen LogP contribution in [0.3, 0.4) is 0 Å². The number of carbonyl (C=O) groups is 1. The maximum atomic E-state index is 12.6. The number of ether oxygens (including phenoxy) is 1. The van der Waals surface area contributed by atoms with Crippen molar-refractivity contribution in [2.24, 2.45) is 0 Å². The van der Waals surface area contributed by atoms with Gasteiger partial charge >= 0.3 is 0 Å². The second kappa shape index (κ2) is 9.83. The van der Waals surface area contributed by atoms with Crippen molar-refractivity contribution >= 4 is 17.7 Å². The Labute approximate surface area is 164 Å². The molecule has 0 atom stereocenters. The van der Waals surface area contributed by atoms with Gasteiger partial charge in [0.1, 0.15) is 12.4 Å². The third-order valence-corrected chi connectivity index (χ3v) is 5.19. The Morgan fingerprint density at radius 1 is 0.926 bits per heavy atom. The molecular formula is C23H23NO2S. The topological polar surface area (TPSA) is 38.3 Å². The molecule has 27 heavy (non-hydrogen) atoms. The molecule has 0 aromatic heterocycles. The number of carbonyl (C=O) groups excluding carboxylic acids is 1. The zero-order chi connectivity index (χ0) is 18.9. The number of hydrogen-bond donors (Lipinski definition) is 1. The van der Waals surface area contributed by atoms with Gasteiger partial charge in [-0.3, -0.25) is 4.79 Å². The lowest BCUT2D eigenvalue weighted by Crippen LogP contribution is -2.28. The van der Waals surface area contributed by atoms with Gasteiger partial charge < -0.3 is 10.1 Å². The predicted octanol–water partition coefficient (Wildman–Crippen LogP) is 5.10.